The fraction of sp³-hybridized carbons (Fsp3) is 0.263. The summed E-state index contributed by atoms with van der Waals surface area (Å²) in [5, 5.41) is 14.0. The van der Waals surface area contributed by atoms with Crippen LogP contribution in [0.1, 0.15) is 23.6 Å². The van der Waals surface area contributed by atoms with E-state index in [4.69, 9.17) is 9.47 Å². The first-order valence-electron chi connectivity index (χ1n) is 8.08. The Bertz CT molecular complexity index is 821. The van der Waals surface area contributed by atoms with E-state index in [9.17, 15) is 9.90 Å². The molecule has 2 rings (SSSR count). The van der Waals surface area contributed by atoms with Gasteiger partial charge in [-0.2, -0.15) is 5.10 Å². The zero-order valence-electron chi connectivity index (χ0n) is 14.9. The number of hydrazone groups is 1. The van der Waals surface area contributed by atoms with E-state index in [-0.39, 0.29) is 12.4 Å². The Morgan fingerprint density at radius 2 is 2.04 bits per heavy atom. The molecule has 7 heteroatoms. The second-order valence-electron chi connectivity index (χ2n) is 5.55. The molecule has 0 aliphatic heterocycles. The van der Waals surface area contributed by atoms with Crippen LogP contribution < -0.4 is 14.9 Å². The number of hydrogen-bond acceptors (Lipinski definition) is 5. The number of carbonyl (C=O) groups excluding carboxylic acids is 1. The lowest BCUT2D eigenvalue weighted by Crippen LogP contribution is -2.24. The maximum Gasteiger partial charge on any atom is 0.277 e. The smallest absolute Gasteiger partial charge is 0.277 e. The zero-order valence-corrected chi connectivity index (χ0v) is 16.5. The Morgan fingerprint density at radius 1 is 1.27 bits per heavy atom. The van der Waals surface area contributed by atoms with Crippen molar-refractivity contribution >= 4 is 28.1 Å². The van der Waals surface area contributed by atoms with Crippen LogP contribution in [-0.2, 0) is 4.79 Å². The minimum absolute atomic E-state index is 0.0420. The van der Waals surface area contributed by atoms with Crippen LogP contribution in [0.3, 0.4) is 0 Å². The maximum absolute atomic E-state index is 11.9. The molecule has 0 radical (unpaired) electrons. The van der Waals surface area contributed by atoms with Crippen LogP contribution in [0.15, 0.2) is 39.9 Å². The van der Waals surface area contributed by atoms with Gasteiger partial charge in [-0.05, 0) is 50.1 Å². The summed E-state index contributed by atoms with van der Waals surface area (Å²) >= 11 is 3.34. The summed E-state index contributed by atoms with van der Waals surface area (Å²) in [5.74, 6) is 0.560. The summed E-state index contributed by atoms with van der Waals surface area (Å²) < 4.78 is 11.6. The molecule has 0 atom stereocenters. The quantitative estimate of drug-likeness (QED) is 0.528. The van der Waals surface area contributed by atoms with Gasteiger partial charge in [0.1, 0.15) is 5.75 Å². The molecule has 138 valence electrons. The van der Waals surface area contributed by atoms with Crippen LogP contribution in [0.5, 0.6) is 17.2 Å². The fourth-order valence-corrected chi connectivity index (χ4v) is 2.64. The van der Waals surface area contributed by atoms with Gasteiger partial charge in [0.05, 0.1) is 12.8 Å². The average molecular weight is 421 g/mol. The van der Waals surface area contributed by atoms with Crippen LogP contribution in [0, 0.1) is 13.8 Å². The Kier molecular flexibility index (Phi) is 7.03. The zero-order chi connectivity index (χ0) is 19.1. The maximum atomic E-state index is 11.9. The number of nitrogens with one attached hydrogen (secondary N) is 1. The van der Waals surface area contributed by atoms with Crippen molar-refractivity contribution < 1.29 is 19.4 Å². The minimum atomic E-state index is -0.401. The van der Waals surface area contributed by atoms with Gasteiger partial charge in [0.15, 0.2) is 18.1 Å². The fourth-order valence-electron chi connectivity index (χ4n) is 2.19. The molecular weight excluding hydrogens is 400 g/mol. The van der Waals surface area contributed by atoms with Gasteiger partial charge in [0.2, 0.25) is 0 Å². The first-order valence-corrected chi connectivity index (χ1v) is 8.88. The molecule has 2 aromatic carbocycles. The van der Waals surface area contributed by atoms with Gasteiger partial charge in [-0.25, -0.2) is 5.43 Å². The van der Waals surface area contributed by atoms with Crippen LogP contribution in [-0.4, -0.2) is 30.4 Å². The topological polar surface area (TPSA) is 80.2 Å². The number of benzene rings is 2. The predicted octanol–water partition coefficient (Wildman–Crippen LogP) is 3.70. The summed E-state index contributed by atoms with van der Waals surface area (Å²) in [4.78, 5) is 11.9. The SMILES string of the molecule is CCOc1cc(Br)cc(C=NNC(=O)COc2cccc(C)c2C)c1O. The second kappa shape index (κ2) is 9.24. The number of halogens is 1. The molecular formula is C19H21BrN2O4. The number of phenols is 1. The van der Waals surface area contributed by atoms with Gasteiger partial charge in [-0.15, -0.1) is 0 Å². The normalized spacial score (nSPS) is 10.8. The largest absolute Gasteiger partial charge is 0.504 e. The number of hydrogen-bond donors (Lipinski definition) is 2. The molecule has 1 amide bonds. The van der Waals surface area contributed by atoms with E-state index in [0.29, 0.717) is 23.7 Å². The van der Waals surface area contributed by atoms with E-state index in [1.54, 1.807) is 12.1 Å². The van der Waals surface area contributed by atoms with Gasteiger partial charge in [-0.1, -0.05) is 28.1 Å². The number of rotatable bonds is 7. The van der Waals surface area contributed by atoms with Crippen LogP contribution in [0.25, 0.3) is 0 Å². The second-order valence-corrected chi connectivity index (χ2v) is 6.47. The number of aromatic hydroxyl groups is 1. The van der Waals surface area contributed by atoms with Gasteiger partial charge in [0, 0.05) is 10.0 Å². The Morgan fingerprint density at radius 3 is 2.77 bits per heavy atom. The van der Waals surface area contributed by atoms with Crippen molar-refractivity contribution in [1.82, 2.24) is 5.43 Å². The molecule has 0 saturated heterocycles. The molecule has 0 aliphatic carbocycles. The molecule has 0 unspecified atom stereocenters. The highest BCUT2D eigenvalue weighted by molar-refractivity contribution is 9.10. The Hall–Kier alpha value is -2.54. The van der Waals surface area contributed by atoms with E-state index in [0.717, 1.165) is 15.6 Å². The minimum Gasteiger partial charge on any atom is -0.504 e. The Balaban J connectivity index is 1.96. The van der Waals surface area contributed by atoms with Crippen molar-refractivity contribution in [3.8, 4) is 17.2 Å². The summed E-state index contributed by atoms with van der Waals surface area (Å²) in [6.07, 6.45) is 1.35. The lowest BCUT2D eigenvalue weighted by atomic mass is 10.1. The third-order valence-electron chi connectivity index (χ3n) is 3.68. The molecule has 0 spiro atoms. The van der Waals surface area contributed by atoms with E-state index < -0.39 is 5.91 Å². The van der Waals surface area contributed by atoms with Crippen molar-refractivity contribution in [3.05, 3.63) is 51.5 Å². The summed E-state index contributed by atoms with van der Waals surface area (Å²) in [6.45, 7) is 6.01. The molecule has 26 heavy (non-hydrogen) atoms. The molecule has 0 aromatic heterocycles. The highest BCUT2D eigenvalue weighted by Crippen LogP contribution is 2.32. The number of amides is 1. The highest BCUT2D eigenvalue weighted by atomic mass is 79.9. The molecule has 0 aliphatic rings. The highest BCUT2D eigenvalue weighted by Gasteiger charge is 2.09. The number of phenolic OH excluding ortho intramolecular Hbond substituents is 1. The van der Waals surface area contributed by atoms with Gasteiger partial charge >= 0.3 is 0 Å². The number of carbonyl (C=O) groups is 1. The van der Waals surface area contributed by atoms with Crippen LogP contribution >= 0.6 is 15.9 Å². The van der Waals surface area contributed by atoms with Crippen molar-refractivity contribution in [3.63, 3.8) is 0 Å². The molecule has 0 bridgehead atoms. The van der Waals surface area contributed by atoms with Gasteiger partial charge < -0.3 is 14.6 Å². The van der Waals surface area contributed by atoms with Crippen LogP contribution in [0.4, 0.5) is 0 Å². The number of nitrogens with zero attached hydrogens (tertiary/aromatic N) is 1. The summed E-state index contributed by atoms with van der Waals surface area (Å²) in [5.41, 5.74) is 4.87. The first kappa shape index (κ1) is 19.8. The molecule has 2 aromatic rings. The van der Waals surface area contributed by atoms with Crippen molar-refractivity contribution in [2.45, 2.75) is 20.8 Å². The molecule has 0 heterocycles. The number of aryl methyl sites for hydroxylation is 1. The molecule has 2 N–H and O–H groups in total. The Labute approximate surface area is 161 Å². The van der Waals surface area contributed by atoms with E-state index >= 15 is 0 Å². The van der Waals surface area contributed by atoms with E-state index in [1.165, 1.54) is 6.21 Å². The van der Waals surface area contributed by atoms with Gasteiger partial charge in [-0.3, -0.25) is 4.79 Å². The lowest BCUT2D eigenvalue weighted by Gasteiger charge is -2.10. The third-order valence-corrected chi connectivity index (χ3v) is 4.13. The average Bonchev–Trinajstić information content (AvgIpc) is 2.60. The predicted molar refractivity (Wildman–Crippen MR) is 104 cm³/mol. The number of ether oxygens (including phenoxy) is 2. The monoisotopic (exact) mass is 420 g/mol. The summed E-state index contributed by atoms with van der Waals surface area (Å²) in [7, 11) is 0. The van der Waals surface area contributed by atoms with Gasteiger partial charge in [0.25, 0.3) is 5.91 Å². The standard InChI is InChI=1S/C19H21BrN2O4/c1-4-25-17-9-15(20)8-14(19(17)24)10-21-22-18(23)11-26-16-7-5-6-12(2)13(16)3/h5-10,24H,4,11H2,1-3H3,(H,22,23). The van der Waals surface area contributed by atoms with Crippen molar-refractivity contribution in [2.75, 3.05) is 13.2 Å². The molecule has 0 saturated carbocycles. The van der Waals surface area contributed by atoms with Crippen molar-refractivity contribution in [2.24, 2.45) is 5.10 Å². The third kappa shape index (κ3) is 5.23. The van der Waals surface area contributed by atoms with E-state index in [2.05, 4.69) is 26.5 Å². The van der Waals surface area contributed by atoms with Crippen molar-refractivity contribution in [1.29, 1.82) is 0 Å². The lowest BCUT2D eigenvalue weighted by molar-refractivity contribution is -0.123. The van der Waals surface area contributed by atoms with E-state index in [1.807, 2.05) is 39.0 Å². The van der Waals surface area contributed by atoms with Crippen LogP contribution in [0.2, 0.25) is 0 Å². The molecule has 6 nitrogen and oxygen atoms in total. The first-order chi connectivity index (χ1) is 12.4. The molecule has 0 fully saturated rings. The summed E-state index contributed by atoms with van der Waals surface area (Å²) in [6, 6.07) is 8.99.